The predicted molar refractivity (Wildman–Crippen MR) is 127 cm³/mol. The van der Waals surface area contributed by atoms with Gasteiger partial charge in [-0.25, -0.2) is 18.4 Å². The van der Waals surface area contributed by atoms with Crippen LogP contribution in [0, 0.1) is 11.6 Å². The van der Waals surface area contributed by atoms with Gasteiger partial charge in [-0.1, -0.05) is 30.3 Å². The van der Waals surface area contributed by atoms with Crippen molar-refractivity contribution in [1.29, 1.82) is 0 Å². The van der Waals surface area contributed by atoms with Gasteiger partial charge in [0.05, 0.1) is 10.9 Å². The van der Waals surface area contributed by atoms with E-state index in [2.05, 4.69) is 24.9 Å². The minimum atomic E-state index is -5.15. The minimum Gasteiger partial charge on any atom is -0.503 e. The van der Waals surface area contributed by atoms with E-state index in [-0.39, 0.29) is 22.8 Å². The summed E-state index contributed by atoms with van der Waals surface area (Å²) < 4.78 is 70.0. The summed E-state index contributed by atoms with van der Waals surface area (Å²) in [5.41, 5.74) is -1.31. The number of aryl methyl sites for hydroxylation is 1. The molecular weight excluding hydrogens is 495 g/mol. The molecule has 0 amide bonds. The molecule has 5 rings (SSSR count). The van der Waals surface area contributed by atoms with Crippen LogP contribution in [0.25, 0.3) is 22.3 Å². The Kier molecular flexibility index (Phi) is 6.22. The number of fused-ring (bicyclic) bond motifs is 1. The molecule has 0 spiro atoms. The Morgan fingerprint density at radius 2 is 1.78 bits per heavy atom. The predicted octanol–water partition coefficient (Wildman–Crippen LogP) is 4.40. The van der Waals surface area contributed by atoms with Gasteiger partial charge < -0.3 is 14.9 Å². The van der Waals surface area contributed by atoms with Gasteiger partial charge in [0.25, 0.3) is 0 Å². The fourth-order valence-electron chi connectivity index (χ4n) is 4.70. The van der Waals surface area contributed by atoms with Crippen molar-refractivity contribution in [3.63, 3.8) is 0 Å². The largest absolute Gasteiger partial charge is 0.503 e. The summed E-state index contributed by atoms with van der Waals surface area (Å²) in [5, 5.41) is 14.0. The molecule has 2 aromatic carbocycles. The average molecular weight is 518 g/mol. The van der Waals surface area contributed by atoms with Crippen LogP contribution in [0.3, 0.4) is 0 Å². The quantitative estimate of drug-likeness (QED) is 0.404. The van der Waals surface area contributed by atoms with Crippen molar-refractivity contribution >= 4 is 17.0 Å². The van der Waals surface area contributed by atoms with E-state index in [0.29, 0.717) is 18.6 Å². The lowest BCUT2D eigenvalue weighted by molar-refractivity contribution is -0.140. The van der Waals surface area contributed by atoms with Crippen LogP contribution in [0.2, 0.25) is 0 Å². The number of likely N-dealkylation sites (N-methyl/N-ethyl adjacent to an activating group) is 1. The van der Waals surface area contributed by atoms with Gasteiger partial charge in [-0.3, -0.25) is 0 Å². The van der Waals surface area contributed by atoms with Crippen molar-refractivity contribution in [2.24, 2.45) is 7.05 Å². The molecule has 1 aliphatic rings. The van der Waals surface area contributed by atoms with Gasteiger partial charge >= 0.3 is 6.18 Å². The number of nitrogens with zero attached hydrogens (tertiary/aromatic N) is 6. The lowest BCUT2D eigenvalue weighted by Gasteiger charge is -2.40. The van der Waals surface area contributed by atoms with Gasteiger partial charge in [-0.15, -0.1) is 0 Å². The van der Waals surface area contributed by atoms with E-state index in [4.69, 9.17) is 0 Å². The van der Waals surface area contributed by atoms with Crippen molar-refractivity contribution in [3.05, 3.63) is 65.4 Å². The number of halogens is 5. The fraction of sp³-hybridized carbons (Fsp3) is 0.320. The maximum absolute atomic E-state index is 14.8. The van der Waals surface area contributed by atoms with Crippen molar-refractivity contribution in [3.8, 4) is 17.0 Å². The molecule has 1 atom stereocenters. The molecule has 1 saturated heterocycles. The zero-order chi connectivity index (χ0) is 26.5. The summed E-state index contributed by atoms with van der Waals surface area (Å²) in [5.74, 6) is -4.93. The molecule has 194 valence electrons. The minimum absolute atomic E-state index is 0.0622. The third-order valence-electron chi connectivity index (χ3n) is 6.56. The first-order chi connectivity index (χ1) is 17.5. The molecule has 1 N–H and O–H groups in total. The third kappa shape index (κ3) is 4.57. The number of piperazine rings is 1. The Morgan fingerprint density at radius 3 is 2.49 bits per heavy atom. The molecule has 3 heterocycles. The smallest absolute Gasteiger partial charge is 0.419 e. The van der Waals surface area contributed by atoms with E-state index in [1.54, 1.807) is 0 Å². The monoisotopic (exact) mass is 518 g/mol. The maximum Gasteiger partial charge on any atom is 0.419 e. The number of hydrogen-bond acceptors (Lipinski definition) is 6. The molecule has 0 saturated carbocycles. The van der Waals surface area contributed by atoms with E-state index < -0.39 is 34.7 Å². The highest BCUT2D eigenvalue weighted by atomic mass is 19.4. The van der Waals surface area contributed by atoms with Crippen LogP contribution < -0.4 is 4.90 Å². The van der Waals surface area contributed by atoms with Crippen LogP contribution in [0.1, 0.15) is 11.1 Å². The Morgan fingerprint density at radius 1 is 1.05 bits per heavy atom. The van der Waals surface area contributed by atoms with E-state index >= 15 is 0 Å². The average Bonchev–Trinajstić information content (AvgIpc) is 3.18. The second-order valence-corrected chi connectivity index (χ2v) is 9.12. The zero-order valence-corrected chi connectivity index (χ0v) is 20.0. The molecule has 37 heavy (non-hydrogen) atoms. The van der Waals surface area contributed by atoms with Gasteiger partial charge in [0.1, 0.15) is 5.69 Å². The van der Waals surface area contributed by atoms with Crippen LogP contribution in [-0.2, 0) is 19.6 Å². The lowest BCUT2D eigenvalue weighted by Crippen LogP contribution is -2.53. The molecule has 1 unspecified atom stereocenters. The van der Waals surface area contributed by atoms with Crippen LogP contribution in [-0.4, -0.2) is 62.5 Å². The van der Waals surface area contributed by atoms with E-state index in [0.717, 1.165) is 25.1 Å². The highest BCUT2D eigenvalue weighted by Crippen LogP contribution is 2.41. The number of anilines is 1. The summed E-state index contributed by atoms with van der Waals surface area (Å²) in [6, 6.07) is 10.4. The Labute approximate surface area is 208 Å². The van der Waals surface area contributed by atoms with Crippen LogP contribution in [0.5, 0.6) is 5.75 Å². The summed E-state index contributed by atoms with van der Waals surface area (Å²) in [4.78, 5) is 13.4. The van der Waals surface area contributed by atoms with Crippen molar-refractivity contribution in [1.82, 2.24) is 24.6 Å². The molecule has 12 heteroatoms. The van der Waals surface area contributed by atoms with E-state index in [1.165, 1.54) is 17.9 Å². The van der Waals surface area contributed by atoms with E-state index in [1.807, 2.05) is 37.4 Å². The fourth-order valence-corrected chi connectivity index (χ4v) is 4.70. The summed E-state index contributed by atoms with van der Waals surface area (Å²) in [6.07, 6.45) is -3.03. The zero-order valence-electron chi connectivity index (χ0n) is 20.0. The summed E-state index contributed by atoms with van der Waals surface area (Å²) in [7, 11) is 3.55. The number of phenols is 1. The summed E-state index contributed by atoms with van der Waals surface area (Å²) in [6.45, 7) is 2.20. The number of phenolic OH excluding ortho intramolecular Hbond substituents is 1. The number of aromatic hydroxyl groups is 1. The lowest BCUT2D eigenvalue weighted by atomic mass is 10.0. The standard InChI is InChI=1S/C25H23F5N6O/c1-34-8-9-36(15(13-34)10-14-6-4-3-5-7-14)24-31-12-17-21(33-35(2)23(17)32-24)16-11-18(25(28,29)30)20(27)22(37)19(16)26/h3-7,11-12,15,37H,8-10,13H2,1-2H3. The highest BCUT2D eigenvalue weighted by Gasteiger charge is 2.38. The normalized spacial score (nSPS) is 17.1. The molecule has 7 nitrogen and oxygen atoms in total. The van der Waals surface area contributed by atoms with Crippen molar-refractivity contribution < 1.29 is 27.1 Å². The molecule has 0 bridgehead atoms. The topological polar surface area (TPSA) is 70.3 Å². The van der Waals surface area contributed by atoms with Gasteiger partial charge in [0.15, 0.2) is 23.0 Å². The van der Waals surface area contributed by atoms with Crippen LogP contribution in [0.4, 0.5) is 27.9 Å². The second-order valence-electron chi connectivity index (χ2n) is 9.12. The number of hydrogen-bond donors (Lipinski definition) is 1. The number of benzene rings is 2. The maximum atomic E-state index is 14.8. The van der Waals surface area contributed by atoms with Gasteiger partial charge in [-0.2, -0.15) is 23.3 Å². The first-order valence-electron chi connectivity index (χ1n) is 11.5. The SMILES string of the molecule is CN1CCN(c2ncc3c(-c4cc(C(F)(F)F)c(F)c(O)c4F)nn(C)c3n2)C(Cc2ccccc2)C1. The van der Waals surface area contributed by atoms with Crippen molar-refractivity contribution in [2.45, 2.75) is 18.6 Å². The van der Waals surface area contributed by atoms with E-state index in [9.17, 15) is 27.1 Å². The Hall–Kier alpha value is -3.80. The third-order valence-corrected chi connectivity index (χ3v) is 6.56. The molecule has 1 aliphatic heterocycles. The van der Waals surface area contributed by atoms with Gasteiger partial charge in [0, 0.05) is 44.5 Å². The first-order valence-corrected chi connectivity index (χ1v) is 11.5. The van der Waals surface area contributed by atoms with Crippen LogP contribution >= 0.6 is 0 Å². The van der Waals surface area contributed by atoms with Crippen molar-refractivity contribution in [2.75, 3.05) is 31.6 Å². The highest BCUT2D eigenvalue weighted by molar-refractivity contribution is 5.91. The summed E-state index contributed by atoms with van der Waals surface area (Å²) >= 11 is 0. The Bertz CT molecular complexity index is 1460. The first kappa shape index (κ1) is 24.9. The Balaban J connectivity index is 1.57. The second kappa shape index (κ2) is 9.25. The molecular formula is C25H23F5N6O. The van der Waals surface area contributed by atoms with Crippen LogP contribution in [0.15, 0.2) is 42.6 Å². The molecule has 0 radical (unpaired) electrons. The number of aromatic nitrogens is 4. The molecule has 2 aromatic heterocycles. The van der Waals surface area contributed by atoms with Gasteiger partial charge in [0.2, 0.25) is 5.95 Å². The molecule has 4 aromatic rings. The number of rotatable bonds is 4. The van der Waals surface area contributed by atoms with Gasteiger partial charge in [-0.05, 0) is 25.1 Å². The number of alkyl halides is 3. The molecule has 1 fully saturated rings. The molecule has 0 aliphatic carbocycles.